The van der Waals surface area contributed by atoms with Gasteiger partial charge in [-0.3, -0.25) is 4.79 Å². The molecular formula is C22H23N3O4. The molecule has 1 fully saturated rings. The van der Waals surface area contributed by atoms with Gasteiger partial charge in [-0.1, -0.05) is 35.0 Å². The average Bonchev–Trinajstić information content (AvgIpc) is 3.36. The summed E-state index contributed by atoms with van der Waals surface area (Å²) < 4.78 is 16.1. The minimum Gasteiger partial charge on any atom is -0.497 e. The van der Waals surface area contributed by atoms with Crippen molar-refractivity contribution in [1.29, 1.82) is 0 Å². The molecule has 1 aliphatic rings. The van der Waals surface area contributed by atoms with Gasteiger partial charge in [0.1, 0.15) is 11.5 Å². The normalized spacial score (nSPS) is 16.3. The Bertz CT molecular complexity index is 991. The number of carbonyl (C=O) groups is 1. The lowest BCUT2D eigenvalue weighted by molar-refractivity contribution is -0.128. The third-order valence-corrected chi connectivity index (χ3v) is 5.11. The Morgan fingerprint density at radius 3 is 2.45 bits per heavy atom. The quantitative estimate of drug-likeness (QED) is 0.637. The second-order valence-corrected chi connectivity index (χ2v) is 7.22. The maximum atomic E-state index is 12.5. The van der Waals surface area contributed by atoms with E-state index in [9.17, 15) is 4.79 Å². The Balaban J connectivity index is 1.50. The monoisotopic (exact) mass is 393 g/mol. The zero-order valence-corrected chi connectivity index (χ0v) is 16.7. The predicted molar refractivity (Wildman–Crippen MR) is 107 cm³/mol. The van der Waals surface area contributed by atoms with Crippen molar-refractivity contribution in [2.45, 2.75) is 25.8 Å². The number of amides is 1. The highest BCUT2D eigenvalue weighted by Crippen LogP contribution is 2.32. The molecule has 1 unspecified atom stereocenters. The van der Waals surface area contributed by atoms with Crippen LogP contribution in [-0.2, 0) is 11.3 Å². The smallest absolute Gasteiger partial charge is 0.232 e. The molecule has 0 aliphatic carbocycles. The van der Waals surface area contributed by atoms with Crippen LogP contribution in [0, 0.1) is 6.92 Å². The molecule has 150 valence electrons. The summed E-state index contributed by atoms with van der Waals surface area (Å²) in [6.45, 7) is 3.20. The summed E-state index contributed by atoms with van der Waals surface area (Å²) in [4.78, 5) is 18.9. The molecule has 4 rings (SSSR count). The van der Waals surface area contributed by atoms with E-state index in [1.165, 1.54) is 5.56 Å². The second-order valence-electron chi connectivity index (χ2n) is 7.22. The van der Waals surface area contributed by atoms with Crippen molar-refractivity contribution in [3.8, 4) is 22.9 Å². The molecule has 7 heteroatoms. The molecule has 0 radical (unpaired) electrons. The molecule has 1 aromatic heterocycles. The minimum atomic E-state index is -0.110. The van der Waals surface area contributed by atoms with Crippen LogP contribution in [0.2, 0.25) is 0 Å². The van der Waals surface area contributed by atoms with Crippen LogP contribution < -0.4 is 9.47 Å². The van der Waals surface area contributed by atoms with Gasteiger partial charge in [-0.2, -0.15) is 4.98 Å². The van der Waals surface area contributed by atoms with Crippen LogP contribution in [0.15, 0.2) is 47.0 Å². The lowest BCUT2D eigenvalue weighted by Gasteiger charge is -2.16. The van der Waals surface area contributed by atoms with Gasteiger partial charge in [-0.25, -0.2) is 0 Å². The molecule has 2 heterocycles. The van der Waals surface area contributed by atoms with Gasteiger partial charge < -0.3 is 18.9 Å². The highest BCUT2D eigenvalue weighted by molar-refractivity contribution is 5.79. The van der Waals surface area contributed by atoms with Gasteiger partial charge in [0.25, 0.3) is 0 Å². The van der Waals surface area contributed by atoms with Gasteiger partial charge in [0.05, 0.1) is 20.1 Å². The number of likely N-dealkylation sites (tertiary alicyclic amines) is 1. The van der Waals surface area contributed by atoms with Gasteiger partial charge >= 0.3 is 0 Å². The van der Waals surface area contributed by atoms with E-state index >= 15 is 0 Å². The van der Waals surface area contributed by atoms with Crippen molar-refractivity contribution in [1.82, 2.24) is 15.0 Å². The molecule has 0 N–H and O–H groups in total. The summed E-state index contributed by atoms with van der Waals surface area (Å²) in [5, 5.41) is 4.10. The number of hydrogen-bond acceptors (Lipinski definition) is 6. The Morgan fingerprint density at radius 1 is 1.10 bits per heavy atom. The fourth-order valence-electron chi connectivity index (χ4n) is 3.46. The van der Waals surface area contributed by atoms with Gasteiger partial charge in [0, 0.05) is 31.1 Å². The molecule has 1 amide bonds. The van der Waals surface area contributed by atoms with E-state index in [0.29, 0.717) is 42.7 Å². The summed E-state index contributed by atoms with van der Waals surface area (Å²) in [5.74, 6) is 2.19. The lowest BCUT2D eigenvalue weighted by atomic mass is 10.1. The summed E-state index contributed by atoms with van der Waals surface area (Å²) in [6, 6.07) is 13.6. The van der Waals surface area contributed by atoms with Gasteiger partial charge in [-0.15, -0.1) is 0 Å². The van der Waals surface area contributed by atoms with Crippen LogP contribution in [0.25, 0.3) is 11.4 Å². The standard InChI is InChI=1S/C22H23N3O4/c1-14-4-6-15(7-5-14)12-25-13-17(10-20(25)26)22-23-21(24-29-22)16-8-18(27-2)11-19(9-16)28-3/h4-9,11,17H,10,12-13H2,1-3H3. The van der Waals surface area contributed by atoms with E-state index in [1.54, 1.807) is 20.3 Å². The number of ether oxygens (including phenoxy) is 2. The molecule has 7 nitrogen and oxygen atoms in total. The largest absolute Gasteiger partial charge is 0.497 e. The van der Waals surface area contributed by atoms with Crippen LogP contribution in [0.3, 0.4) is 0 Å². The molecule has 0 bridgehead atoms. The lowest BCUT2D eigenvalue weighted by Crippen LogP contribution is -2.24. The number of aromatic nitrogens is 2. The number of nitrogens with zero attached hydrogens (tertiary/aromatic N) is 3. The van der Waals surface area contributed by atoms with E-state index in [2.05, 4.69) is 34.4 Å². The number of benzene rings is 2. The summed E-state index contributed by atoms with van der Waals surface area (Å²) in [7, 11) is 3.18. The summed E-state index contributed by atoms with van der Waals surface area (Å²) in [5.41, 5.74) is 3.04. The summed E-state index contributed by atoms with van der Waals surface area (Å²) in [6.07, 6.45) is 0.370. The highest BCUT2D eigenvalue weighted by atomic mass is 16.5. The molecule has 3 aromatic rings. The minimum absolute atomic E-state index is 0.0957. The maximum Gasteiger partial charge on any atom is 0.232 e. The van der Waals surface area contributed by atoms with Crippen molar-refractivity contribution in [2.24, 2.45) is 0 Å². The van der Waals surface area contributed by atoms with E-state index in [4.69, 9.17) is 14.0 Å². The highest BCUT2D eigenvalue weighted by Gasteiger charge is 2.34. The first kappa shape index (κ1) is 19.0. The van der Waals surface area contributed by atoms with Crippen LogP contribution in [0.1, 0.15) is 29.4 Å². The number of hydrogen-bond donors (Lipinski definition) is 0. The molecule has 2 aromatic carbocycles. The van der Waals surface area contributed by atoms with Crippen molar-refractivity contribution >= 4 is 5.91 Å². The van der Waals surface area contributed by atoms with Gasteiger partial charge in [0.2, 0.25) is 17.6 Å². The van der Waals surface area contributed by atoms with Crippen LogP contribution >= 0.6 is 0 Å². The zero-order chi connectivity index (χ0) is 20.4. The number of methoxy groups -OCH3 is 2. The Kier molecular flexibility index (Phi) is 5.20. The molecule has 0 saturated carbocycles. The maximum absolute atomic E-state index is 12.5. The Labute approximate surface area is 169 Å². The molecule has 0 spiro atoms. The summed E-state index contributed by atoms with van der Waals surface area (Å²) >= 11 is 0. The first-order valence-corrected chi connectivity index (χ1v) is 9.46. The molecule has 1 saturated heterocycles. The van der Waals surface area contributed by atoms with E-state index in [0.717, 1.165) is 11.1 Å². The van der Waals surface area contributed by atoms with Crippen LogP contribution in [-0.4, -0.2) is 41.7 Å². The Morgan fingerprint density at radius 2 is 1.79 bits per heavy atom. The second kappa shape index (κ2) is 7.95. The van der Waals surface area contributed by atoms with Crippen LogP contribution in [0.5, 0.6) is 11.5 Å². The number of aryl methyl sites for hydroxylation is 1. The number of carbonyl (C=O) groups excluding carboxylic acids is 1. The SMILES string of the molecule is COc1cc(OC)cc(-c2noc(C3CC(=O)N(Cc4ccc(C)cc4)C3)n2)c1. The third kappa shape index (κ3) is 4.08. The number of rotatable bonds is 6. The topological polar surface area (TPSA) is 77.7 Å². The van der Waals surface area contributed by atoms with E-state index in [1.807, 2.05) is 24.0 Å². The van der Waals surface area contributed by atoms with E-state index in [-0.39, 0.29) is 11.8 Å². The van der Waals surface area contributed by atoms with Crippen molar-refractivity contribution in [3.63, 3.8) is 0 Å². The molecule has 1 atom stereocenters. The van der Waals surface area contributed by atoms with Crippen molar-refractivity contribution < 1.29 is 18.8 Å². The molecular weight excluding hydrogens is 370 g/mol. The van der Waals surface area contributed by atoms with Crippen molar-refractivity contribution in [3.05, 3.63) is 59.5 Å². The third-order valence-electron chi connectivity index (χ3n) is 5.11. The first-order chi connectivity index (χ1) is 14.1. The Hall–Kier alpha value is -3.35. The first-order valence-electron chi connectivity index (χ1n) is 9.46. The zero-order valence-electron chi connectivity index (χ0n) is 16.7. The molecule has 1 aliphatic heterocycles. The molecule has 29 heavy (non-hydrogen) atoms. The van der Waals surface area contributed by atoms with Gasteiger partial charge in [-0.05, 0) is 24.6 Å². The van der Waals surface area contributed by atoms with Gasteiger partial charge in [0.15, 0.2) is 0 Å². The van der Waals surface area contributed by atoms with E-state index < -0.39 is 0 Å². The fourth-order valence-corrected chi connectivity index (χ4v) is 3.46. The average molecular weight is 393 g/mol. The van der Waals surface area contributed by atoms with Crippen molar-refractivity contribution in [2.75, 3.05) is 20.8 Å². The van der Waals surface area contributed by atoms with Crippen LogP contribution in [0.4, 0.5) is 0 Å². The fraction of sp³-hybridized carbons (Fsp3) is 0.318. The predicted octanol–water partition coefficient (Wildman–Crippen LogP) is 3.58.